The molecule has 2 aromatic carbocycles. The molecule has 0 saturated carbocycles. The van der Waals surface area contributed by atoms with Crippen molar-refractivity contribution in [3.63, 3.8) is 0 Å². The molecule has 29 heavy (non-hydrogen) atoms. The standard InChI is InChI=1S/C22H23N3O2S2/c1-13-9-15(3)19(10-14(13)2)20-11-29-22(24-20)25-21(27)12-28-18-7-5-17(6-8-18)23-16(4)26/h5-11H,12H2,1-4H3,(H,23,26)(H,24,25,27). The van der Waals surface area contributed by atoms with Crippen molar-refractivity contribution in [2.24, 2.45) is 0 Å². The first-order valence-electron chi connectivity index (χ1n) is 9.16. The van der Waals surface area contributed by atoms with Gasteiger partial charge in [0.2, 0.25) is 11.8 Å². The lowest BCUT2D eigenvalue weighted by Crippen LogP contribution is -2.13. The van der Waals surface area contributed by atoms with Crippen molar-refractivity contribution in [2.45, 2.75) is 32.6 Å². The number of aryl methyl sites for hydroxylation is 3. The minimum absolute atomic E-state index is 0.0985. The Balaban J connectivity index is 1.58. The molecule has 5 nitrogen and oxygen atoms in total. The number of rotatable bonds is 6. The van der Waals surface area contributed by atoms with Crippen LogP contribution in [0.1, 0.15) is 23.6 Å². The highest BCUT2D eigenvalue weighted by atomic mass is 32.2. The zero-order valence-corrected chi connectivity index (χ0v) is 18.5. The van der Waals surface area contributed by atoms with Gasteiger partial charge in [0.25, 0.3) is 0 Å². The van der Waals surface area contributed by atoms with E-state index in [-0.39, 0.29) is 17.6 Å². The minimum atomic E-state index is -0.108. The van der Waals surface area contributed by atoms with E-state index in [4.69, 9.17) is 0 Å². The molecule has 150 valence electrons. The van der Waals surface area contributed by atoms with Crippen LogP contribution in [0.2, 0.25) is 0 Å². The minimum Gasteiger partial charge on any atom is -0.326 e. The summed E-state index contributed by atoms with van der Waals surface area (Å²) in [7, 11) is 0. The number of amides is 2. The van der Waals surface area contributed by atoms with Gasteiger partial charge in [0.1, 0.15) is 0 Å². The summed E-state index contributed by atoms with van der Waals surface area (Å²) in [5.41, 5.74) is 6.38. The van der Waals surface area contributed by atoms with Crippen LogP contribution in [0.4, 0.5) is 10.8 Å². The number of thiazole rings is 1. The highest BCUT2D eigenvalue weighted by Crippen LogP contribution is 2.29. The first-order valence-corrected chi connectivity index (χ1v) is 11.0. The highest BCUT2D eigenvalue weighted by molar-refractivity contribution is 8.00. The van der Waals surface area contributed by atoms with Crippen LogP contribution in [0.25, 0.3) is 11.3 Å². The molecule has 0 fully saturated rings. The van der Waals surface area contributed by atoms with Crippen molar-refractivity contribution in [3.8, 4) is 11.3 Å². The predicted molar refractivity (Wildman–Crippen MR) is 122 cm³/mol. The van der Waals surface area contributed by atoms with Gasteiger partial charge < -0.3 is 10.6 Å². The fraction of sp³-hybridized carbons (Fsp3) is 0.227. The van der Waals surface area contributed by atoms with Crippen molar-refractivity contribution < 1.29 is 9.59 Å². The Morgan fingerprint density at radius 3 is 2.38 bits per heavy atom. The van der Waals surface area contributed by atoms with Gasteiger partial charge in [-0.25, -0.2) is 4.98 Å². The van der Waals surface area contributed by atoms with Crippen molar-refractivity contribution in [3.05, 3.63) is 58.5 Å². The molecule has 3 rings (SSSR count). The van der Waals surface area contributed by atoms with Gasteiger partial charge in [-0.3, -0.25) is 9.59 Å². The largest absolute Gasteiger partial charge is 0.326 e. The summed E-state index contributed by atoms with van der Waals surface area (Å²) in [6.45, 7) is 7.74. The molecule has 0 spiro atoms. The molecule has 3 aromatic rings. The van der Waals surface area contributed by atoms with Crippen LogP contribution >= 0.6 is 23.1 Å². The number of carbonyl (C=O) groups excluding carboxylic acids is 2. The summed E-state index contributed by atoms with van der Waals surface area (Å²) < 4.78 is 0. The molecular weight excluding hydrogens is 402 g/mol. The number of anilines is 2. The summed E-state index contributed by atoms with van der Waals surface area (Å²) in [4.78, 5) is 28.9. The SMILES string of the molecule is CC(=O)Nc1ccc(SCC(=O)Nc2nc(-c3cc(C)c(C)cc3C)cs2)cc1. The van der Waals surface area contributed by atoms with E-state index in [2.05, 4.69) is 48.5 Å². The van der Waals surface area contributed by atoms with Gasteiger partial charge in [-0.1, -0.05) is 6.07 Å². The van der Waals surface area contributed by atoms with Gasteiger partial charge in [-0.15, -0.1) is 23.1 Å². The molecule has 1 heterocycles. The number of aromatic nitrogens is 1. The molecule has 0 aliphatic carbocycles. The summed E-state index contributed by atoms with van der Waals surface area (Å²) >= 11 is 2.86. The third kappa shape index (κ3) is 5.68. The summed E-state index contributed by atoms with van der Waals surface area (Å²) in [6, 6.07) is 11.7. The van der Waals surface area contributed by atoms with Crippen LogP contribution in [0.3, 0.4) is 0 Å². The first-order chi connectivity index (χ1) is 13.8. The van der Waals surface area contributed by atoms with Crippen molar-refractivity contribution in [2.75, 3.05) is 16.4 Å². The van der Waals surface area contributed by atoms with Crippen LogP contribution < -0.4 is 10.6 Å². The first kappa shape index (κ1) is 21.1. The molecular formula is C22H23N3O2S2. The van der Waals surface area contributed by atoms with Crippen LogP contribution in [0.15, 0.2) is 46.7 Å². The zero-order chi connectivity index (χ0) is 21.0. The van der Waals surface area contributed by atoms with Crippen LogP contribution in [-0.2, 0) is 9.59 Å². The fourth-order valence-corrected chi connectivity index (χ4v) is 4.26. The molecule has 0 aliphatic heterocycles. The van der Waals surface area contributed by atoms with Gasteiger partial charge in [-0.05, 0) is 67.8 Å². The van der Waals surface area contributed by atoms with Gasteiger partial charge in [-0.2, -0.15) is 0 Å². The second-order valence-electron chi connectivity index (χ2n) is 6.83. The molecule has 1 aromatic heterocycles. The second-order valence-corrected chi connectivity index (χ2v) is 8.74. The number of benzene rings is 2. The number of hydrogen-bond donors (Lipinski definition) is 2. The highest BCUT2D eigenvalue weighted by Gasteiger charge is 2.11. The molecule has 0 saturated heterocycles. The lowest BCUT2D eigenvalue weighted by Gasteiger charge is -2.07. The number of nitrogens with zero attached hydrogens (tertiary/aromatic N) is 1. The number of carbonyl (C=O) groups is 2. The summed E-state index contributed by atoms with van der Waals surface area (Å²) in [5.74, 6) is 0.0825. The molecule has 2 N–H and O–H groups in total. The summed E-state index contributed by atoms with van der Waals surface area (Å²) in [5, 5.41) is 8.17. The van der Waals surface area contributed by atoms with E-state index in [1.54, 1.807) is 0 Å². The molecule has 0 atom stereocenters. The number of nitrogens with one attached hydrogen (secondary N) is 2. The van der Waals surface area contributed by atoms with E-state index in [1.807, 2.05) is 29.6 Å². The van der Waals surface area contributed by atoms with Crippen molar-refractivity contribution >= 4 is 45.7 Å². The Morgan fingerprint density at radius 1 is 1.00 bits per heavy atom. The molecule has 0 aliphatic rings. The van der Waals surface area contributed by atoms with Crippen molar-refractivity contribution in [1.29, 1.82) is 0 Å². The topological polar surface area (TPSA) is 71.1 Å². The Kier molecular flexibility index (Phi) is 6.71. The van der Waals surface area contributed by atoms with E-state index >= 15 is 0 Å². The molecule has 2 amide bonds. The monoisotopic (exact) mass is 425 g/mol. The summed E-state index contributed by atoms with van der Waals surface area (Å²) in [6.07, 6.45) is 0. The van der Waals surface area contributed by atoms with E-state index < -0.39 is 0 Å². The molecule has 0 unspecified atom stereocenters. The Morgan fingerprint density at radius 2 is 1.69 bits per heavy atom. The quantitative estimate of drug-likeness (QED) is 0.517. The molecule has 0 radical (unpaired) electrons. The number of thioether (sulfide) groups is 1. The van der Waals surface area contributed by atoms with E-state index in [1.165, 1.54) is 46.7 Å². The van der Waals surface area contributed by atoms with E-state index in [9.17, 15) is 9.59 Å². The third-order valence-electron chi connectivity index (χ3n) is 4.41. The average Bonchev–Trinajstić information content (AvgIpc) is 3.12. The second kappa shape index (κ2) is 9.24. The maximum Gasteiger partial charge on any atom is 0.236 e. The van der Waals surface area contributed by atoms with Gasteiger partial charge in [0, 0.05) is 28.5 Å². The van der Waals surface area contributed by atoms with Gasteiger partial charge >= 0.3 is 0 Å². The maximum atomic E-state index is 12.3. The van der Waals surface area contributed by atoms with Crippen molar-refractivity contribution in [1.82, 2.24) is 4.98 Å². The van der Waals surface area contributed by atoms with Crippen LogP contribution in [0.5, 0.6) is 0 Å². The van der Waals surface area contributed by atoms with Gasteiger partial charge in [0.05, 0.1) is 11.4 Å². The Bertz CT molecular complexity index is 1040. The number of hydrogen-bond acceptors (Lipinski definition) is 5. The predicted octanol–water partition coefficient (Wildman–Crippen LogP) is 5.42. The fourth-order valence-electron chi connectivity index (χ4n) is 2.83. The Hall–Kier alpha value is -2.64. The normalized spacial score (nSPS) is 10.6. The lowest BCUT2D eigenvalue weighted by atomic mass is 9.99. The van der Waals surface area contributed by atoms with Crippen LogP contribution in [-0.4, -0.2) is 22.6 Å². The Labute approximate surface area is 179 Å². The van der Waals surface area contributed by atoms with Gasteiger partial charge in [0.15, 0.2) is 5.13 Å². The molecule has 0 bridgehead atoms. The lowest BCUT2D eigenvalue weighted by molar-refractivity contribution is -0.114. The van der Waals surface area contributed by atoms with E-state index in [0.717, 1.165) is 21.8 Å². The average molecular weight is 426 g/mol. The van der Waals surface area contributed by atoms with Crippen LogP contribution in [0, 0.1) is 20.8 Å². The van der Waals surface area contributed by atoms with E-state index in [0.29, 0.717) is 5.13 Å². The maximum absolute atomic E-state index is 12.3. The third-order valence-corrected chi connectivity index (χ3v) is 6.18. The zero-order valence-electron chi connectivity index (χ0n) is 16.8. The smallest absolute Gasteiger partial charge is 0.236 e. The molecule has 7 heteroatoms.